The van der Waals surface area contributed by atoms with Gasteiger partial charge in [0.1, 0.15) is 22.9 Å². The van der Waals surface area contributed by atoms with Crippen LogP contribution in [-0.4, -0.2) is 23.8 Å². The van der Waals surface area contributed by atoms with E-state index in [1.807, 2.05) is 53.2 Å². The molecule has 1 heterocycles. The van der Waals surface area contributed by atoms with Crippen molar-refractivity contribution in [1.29, 1.82) is 5.26 Å². The maximum Gasteiger partial charge on any atom is 0.147 e. The first-order valence-electron chi connectivity index (χ1n) is 7.48. The maximum absolute atomic E-state index is 8.90. The van der Waals surface area contributed by atoms with Crippen LogP contribution in [0.4, 0.5) is 0 Å². The van der Waals surface area contributed by atoms with Crippen molar-refractivity contribution in [1.82, 2.24) is 9.55 Å². The van der Waals surface area contributed by atoms with Crippen LogP contribution in [0.1, 0.15) is 11.1 Å². The van der Waals surface area contributed by atoms with Crippen LogP contribution in [0.25, 0.3) is 11.4 Å². The number of nitrogens with zero attached hydrogens (tertiary/aromatic N) is 3. The molecule has 0 atom stereocenters. The molecule has 0 saturated heterocycles. The van der Waals surface area contributed by atoms with Crippen molar-refractivity contribution >= 4 is 0 Å². The Bertz CT molecular complexity index is 854. The van der Waals surface area contributed by atoms with Gasteiger partial charge < -0.3 is 14.0 Å². The van der Waals surface area contributed by atoms with E-state index in [2.05, 4.69) is 11.1 Å². The molecule has 0 aliphatic carbocycles. The molecule has 120 valence electrons. The van der Waals surface area contributed by atoms with E-state index < -0.39 is 0 Å². The van der Waals surface area contributed by atoms with Crippen molar-refractivity contribution in [2.24, 2.45) is 0 Å². The average molecular weight is 319 g/mol. The average Bonchev–Trinajstić information content (AvgIpc) is 3.09. The predicted octanol–water partition coefficient (Wildman–Crippen LogP) is 3.49. The van der Waals surface area contributed by atoms with Gasteiger partial charge in [-0.15, -0.1) is 0 Å². The molecule has 5 nitrogen and oxygen atoms in total. The van der Waals surface area contributed by atoms with E-state index in [1.54, 1.807) is 20.4 Å². The summed E-state index contributed by atoms with van der Waals surface area (Å²) in [6.07, 6.45) is 3.67. The molecule has 0 fully saturated rings. The van der Waals surface area contributed by atoms with E-state index in [1.165, 1.54) is 0 Å². The smallest absolute Gasteiger partial charge is 0.147 e. The molecule has 24 heavy (non-hydrogen) atoms. The Balaban J connectivity index is 2.00. The quantitative estimate of drug-likeness (QED) is 0.722. The molecule has 0 spiro atoms. The van der Waals surface area contributed by atoms with E-state index in [0.29, 0.717) is 23.6 Å². The lowest BCUT2D eigenvalue weighted by Gasteiger charge is -2.14. The minimum atomic E-state index is 0.641. The summed E-state index contributed by atoms with van der Waals surface area (Å²) in [6, 6.07) is 15.3. The Labute approximate surface area is 140 Å². The van der Waals surface area contributed by atoms with Crippen molar-refractivity contribution in [2.75, 3.05) is 14.2 Å². The molecule has 0 radical (unpaired) electrons. The van der Waals surface area contributed by atoms with Gasteiger partial charge in [0.15, 0.2) is 0 Å². The number of nitriles is 1. The molecule has 0 amide bonds. The summed E-state index contributed by atoms with van der Waals surface area (Å²) in [5, 5.41) is 8.90. The topological polar surface area (TPSA) is 60.1 Å². The zero-order chi connectivity index (χ0) is 16.9. The summed E-state index contributed by atoms with van der Waals surface area (Å²) in [7, 11) is 3.26. The molecular weight excluding hydrogens is 302 g/mol. The van der Waals surface area contributed by atoms with Crippen LogP contribution in [0.15, 0.2) is 54.9 Å². The second-order valence-electron chi connectivity index (χ2n) is 5.23. The van der Waals surface area contributed by atoms with Gasteiger partial charge >= 0.3 is 0 Å². The maximum atomic E-state index is 8.90. The summed E-state index contributed by atoms with van der Waals surface area (Å²) in [4.78, 5) is 4.48. The van der Waals surface area contributed by atoms with Crippen LogP contribution in [0, 0.1) is 11.3 Å². The normalized spacial score (nSPS) is 10.2. The van der Waals surface area contributed by atoms with Crippen LogP contribution in [0.2, 0.25) is 0 Å². The Morgan fingerprint density at radius 2 is 1.71 bits per heavy atom. The number of rotatable bonds is 5. The zero-order valence-corrected chi connectivity index (χ0v) is 13.6. The van der Waals surface area contributed by atoms with Gasteiger partial charge in [-0.1, -0.05) is 18.2 Å². The lowest BCUT2D eigenvalue weighted by atomic mass is 10.1. The molecule has 0 saturated carbocycles. The Kier molecular flexibility index (Phi) is 4.48. The van der Waals surface area contributed by atoms with Gasteiger partial charge in [0.05, 0.1) is 25.9 Å². The van der Waals surface area contributed by atoms with Gasteiger partial charge in [-0.2, -0.15) is 5.26 Å². The third kappa shape index (κ3) is 2.95. The van der Waals surface area contributed by atoms with Gasteiger partial charge in [-0.25, -0.2) is 4.98 Å². The van der Waals surface area contributed by atoms with E-state index in [-0.39, 0.29) is 0 Å². The summed E-state index contributed by atoms with van der Waals surface area (Å²) in [5.41, 5.74) is 2.55. The van der Waals surface area contributed by atoms with Gasteiger partial charge in [-0.3, -0.25) is 0 Å². The van der Waals surface area contributed by atoms with Crippen LogP contribution < -0.4 is 9.47 Å². The number of hydrogen-bond donors (Lipinski definition) is 0. The van der Waals surface area contributed by atoms with E-state index in [0.717, 1.165) is 17.0 Å². The van der Waals surface area contributed by atoms with E-state index in [9.17, 15) is 0 Å². The fourth-order valence-electron chi connectivity index (χ4n) is 2.62. The van der Waals surface area contributed by atoms with Crippen molar-refractivity contribution in [3.8, 4) is 29.0 Å². The third-order valence-electron chi connectivity index (χ3n) is 3.80. The highest BCUT2D eigenvalue weighted by molar-refractivity contribution is 5.72. The first kappa shape index (κ1) is 15.6. The number of hydrogen-bond acceptors (Lipinski definition) is 4. The van der Waals surface area contributed by atoms with Crippen LogP contribution >= 0.6 is 0 Å². The Morgan fingerprint density at radius 1 is 1.04 bits per heavy atom. The fourth-order valence-corrected chi connectivity index (χ4v) is 2.62. The number of aromatic nitrogens is 2. The first-order chi connectivity index (χ1) is 11.8. The van der Waals surface area contributed by atoms with Crippen molar-refractivity contribution in [3.05, 3.63) is 66.0 Å². The van der Waals surface area contributed by atoms with Gasteiger partial charge in [0.2, 0.25) is 0 Å². The van der Waals surface area contributed by atoms with Crippen LogP contribution in [0.5, 0.6) is 11.5 Å². The lowest BCUT2D eigenvalue weighted by molar-refractivity contribution is 0.396. The minimum Gasteiger partial charge on any atom is -0.496 e. The van der Waals surface area contributed by atoms with E-state index >= 15 is 0 Å². The molecule has 0 aliphatic heterocycles. The molecule has 0 bridgehead atoms. The number of benzene rings is 2. The Hall–Kier alpha value is -3.26. The standard InChI is InChI=1S/C19H17N3O2/c1-23-16-4-3-5-17(24-2)18(16)19-21-10-11-22(19)13-15-8-6-14(12-20)7-9-15/h3-11H,13H2,1-2H3. The molecule has 5 heteroatoms. The molecule has 0 aliphatic rings. The van der Waals surface area contributed by atoms with Crippen molar-refractivity contribution in [2.45, 2.75) is 6.54 Å². The molecule has 3 aromatic rings. The van der Waals surface area contributed by atoms with Crippen LogP contribution in [0.3, 0.4) is 0 Å². The number of methoxy groups -OCH3 is 2. The highest BCUT2D eigenvalue weighted by Gasteiger charge is 2.17. The molecule has 2 aromatic carbocycles. The zero-order valence-electron chi connectivity index (χ0n) is 13.6. The van der Waals surface area contributed by atoms with Crippen molar-refractivity contribution < 1.29 is 9.47 Å². The summed E-state index contributed by atoms with van der Waals surface area (Å²) >= 11 is 0. The summed E-state index contributed by atoms with van der Waals surface area (Å²) < 4.78 is 13.0. The third-order valence-corrected chi connectivity index (χ3v) is 3.80. The highest BCUT2D eigenvalue weighted by atomic mass is 16.5. The first-order valence-corrected chi connectivity index (χ1v) is 7.48. The van der Waals surface area contributed by atoms with Crippen molar-refractivity contribution in [3.63, 3.8) is 0 Å². The largest absolute Gasteiger partial charge is 0.496 e. The molecular formula is C19H17N3O2. The predicted molar refractivity (Wildman–Crippen MR) is 91.0 cm³/mol. The molecule has 1 aromatic heterocycles. The van der Waals surface area contributed by atoms with Gasteiger partial charge in [0, 0.05) is 18.9 Å². The molecule has 3 rings (SSSR count). The van der Waals surface area contributed by atoms with Gasteiger partial charge in [-0.05, 0) is 29.8 Å². The summed E-state index contributed by atoms with van der Waals surface area (Å²) in [6.45, 7) is 0.641. The molecule has 0 N–H and O–H groups in total. The highest BCUT2D eigenvalue weighted by Crippen LogP contribution is 2.37. The number of imidazole rings is 1. The SMILES string of the molecule is COc1cccc(OC)c1-c1nccn1Cc1ccc(C#N)cc1. The minimum absolute atomic E-state index is 0.641. The summed E-state index contributed by atoms with van der Waals surface area (Å²) in [5.74, 6) is 2.19. The Morgan fingerprint density at radius 3 is 2.29 bits per heavy atom. The second-order valence-corrected chi connectivity index (χ2v) is 5.23. The monoisotopic (exact) mass is 319 g/mol. The second kappa shape index (κ2) is 6.88. The van der Waals surface area contributed by atoms with E-state index in [4.69, 9.17) is 14.7 Å². The van der Waals surface area contributed by atoms with Crippen LogP contribution in [-0.2, 0) is 6.54 Å². The lowest BCUT2D eigenvalue weighted by Crippen LogP contribution is -2.03. The number of ether oxygens (including phenoxy) is 2. The van der Waals surface area contributed by atoms with Gasteiger partial charge in [0.25, 0.3) is 0 Å². The molecule has 0 unspecified atom stereocenters. The fraction of sp³-hybridized carbons (Fsp3) is 0.158.